The summed E-state index contributed by atoms with van der Waals surface area (Å²) in [5.74, 6) is 1.20. The maximum Gasteiger partial charge on any atom is 0.263 e. The summed E-state index contributed by atoms with van der Waals surface area (Å²) in [7, 11) is 1.60. The number of ether oxygens (including phenoxy) is 2. The lowest BCUT2D eigenvalue weighted by Gasteiger charge is -2.10. The number of hydrogen-bond acceptors (Lipinski definition) is 6. The molecule has 0 fully saturated rings. The first kappa shape index (κ1) is 18.1. The van der Waals surface area contributed by atoms with Crippen LogP contribution in [0.4, 0.5) is 5.13 Å². The van der Waals surface area contributed by atoms with Crippen molar-refractivity contribution in [2.75, 3.05) is 25.6 Å². The Hall–Kier alpha value is -2.28. The molecule has 0 atom stereocenters. The molecule has 0 saturated carbocycles. The van der Waals surface area contributed by atoms with Crippen LogP contribution in [-0.2, 0) is 0 Å². The second-order valence-corrected chi connectivity index (χ2v) is 6.49. The van der Waals surface area contributed by atoms with Crippen LogP contribution in [0.25, 0.3) is 0 Å². The van der Waals surface area contributed by atoms with Crippen LogP contribution in [0.2, 0.25) is 0 Å². The van der Waals surface area contributed by atoms with E-state index in [-0.39, 0.29) is 11.9 Å². The van der Waals surface area contributed by atoms with Crippen LogP contribution in [0.5, 0.6) is 11.5 Å². The van der Waals surface area contributed by atoms with Gasteiger partial charge in [0.25, 0.3) is 5.91 Å². The Morgan fingerprint density at radius 2 is 2.00 bits per heavy atom. The molecule has 7 heteroatoms. The Morgan fingerprint density at radius 1 is 1.29 bits per heavy atom. The number of para-hydroxylation sites is 2. The van der Waals surface area contributed by atoms with Crippen LogP contribution in [0.1, 0.15) is 29.2 Å². The first-order chi connectivity index (χ1) is 11.5. The molecule has 1 aromatic carbocycles. The third kappa shape index (κ3) is 4.86. The van der Waals surface area contributed by atoms with Crippen LogP contribution < -0.4 is 20.1 Å². The molecular formula is C17H23N3O3S. The molecule has 24 heavy (non-hydrogen) atoms. The Balaban J connectivity index is 1.84. The van der Waals surface area contributed by atoms with E-state index in [2.05, 4.69) is 15.6 Å². The molecule has 0 aliphatic carbocycles. The van der Waals surface area contributed by atoms with Gasteiger partial charge in [-0.1, -0.05) is 23.5 Å². The minimum Gasteiger partial charge on any atom is -0.493 e. The summed E-state index contributed by atoms with van der Waals surface area (Å²) in [6.07, 6.45) is 0. The van der Waals surface area contributed by atoms with Gasteiger partial charge in [-0.25, -0.2) is 4.98 Å². The molecular weight excluding hydrogens is 326 g/mol. The van der Waals surface area contributed by atoms with Gasteiger partial charge in [0.2, 0.25) is 0 Å². The highest BCUT2D eigenvalue weighted by atomic mass is 32.1. The highest BCUT2D eigenvalue weighted by molar-refractivity contribution is 7.17. The molecule has 0 spiro atoms. The van der Waals surface area contributed by atoms with Crippen molar-refractivity contribution >= 4 is 22.4 Å². The van der Waals surface area contributed by atoms with E-state index in [1.807, 2.05) is 45.0 Å². The average Bonchev–Trinajstić information content (AvgIpc) is 2.91. The standard InChI is InChI=1S/C17H23N3O3S/c1-11(2)19-17-20-12(3)15(24-17)16(21)18-9-10-23-14-8-6-5-7-13(14)22-4/h5-8,11H,9-10H2,1-4H3,(H,18,21)(H,19,20). The SMILES string of the molecule is COc1ccccc1OCCNC(=O)c1sc(NC(C)C)nc1C. The van der Waals surface area contributed by atoms with E-state index >= 15 is 0 Å². The van der Waals surface area contributed by atoms with Crippen LogP contribution in [0.3, 0.4) is 0 Å². The van der Waals surface area contributed by atoms with Crippen LogP contribution >= 0.6 is 11.3 Å². The van der Waals surface area contributed by atoms with E-state index in [0.717, 1.165) is 10.8 Å². The van der Waals surface area contributed by atoms with Crippen molar-refractivity contribution in [2.45, 2.75) is 26.8 Å². The molecule has 1 heterocycles. The highest BCUT2D eigenvalue weighted by Gasteiger charge is 2.15. The van der Waals surface area contributed by atoms with Crippen molar-refractivity contribution in [1.29, 1.82) is 0 Å². The fourth-order valence-corrected chi connectivity index (χ4v) is 3.09. The van der Waals surface area contributed by atoms with Gasteiger partial charge in [0, 0.05) is 6.04 Å². The number of benzene rings is 1. The third-order valence-electron chi connectivity index (χ3n) is 3.13. The maximum atomic E-state index is 12.3. The van der Waals surface area contributed by atoms with E-state index in [0.29, 0.717) is 29.5 Å². The molecule has 1 amide bonds. The lowest BCUT2D eigenvalue weighted by molar-refractivity contribution is 0.0950. The Kier molecular flexibility index (Phi) is 6.43. The molecule has 0 radical (unpaired) electrons. The normalized spacial score (nSPS) is 10.5. The number of rotatable bonds is 8. The summed E-state index contributed by atoms with van der Waals surface area (Å²) in [6, 6.07) is 7.69. The lowest BCUT2D eigenvalue weighted by Crippen LogP contribution is -2.28. The number of nitrogens with one attached hydrogen (secondary N) is 2. The molecule has 0 aliphatic heterocycles. The van der Waals surface area contributed by atoms with Crippen molar-refractivity contribution in [3.05, 3.63) is 34.8 Å². The van der Waals surface area contributed by atoms with E-state index in [1.165, 1.54) is 11.3 Å². The van der Waals surface area contributed by atoms with Gasteiger partial charge < -0.3 is 20.1 Å². The molecule has 2 N–H and O–H groups in total. The smallest absolute Gasteiger partial charge is 0.263 e. The second kappa shape index (κ2) is 8.54. The molecule has 1 aromatic heterocycles. The van der Waals surface area contributed by atoms with Crippen molar-refractivity contribution in [1.82, 2.24) is 10.3 Å². The lowest BCUT2D eigenvalue weighted by atomic mass is 10.3. The molecule has 0 saturated heterocycles. The molecule has 0 unspecified atom stereocenters. The van der Waals surface area contributed by atoms with Gasteiger partial charge in [-0.15, -0.1) is 0 Å². The van der Waals surface area contributed by atoms with E-state index in [4.69, 9.17) is 9.47 Å². The molecule has 0 bridgehead atoms. The fourth-order valence-electron chi connectivity index (χ4n) is 2.06. The number of amides is 1. The first-order valence-corrected chi connectivity index (χ1v) is 8.61. The summed E-state index contributed by atoms with van der Waals surface area (Å²) in [5, 5.41) is 6.83. The Bertz CT molecular complexity index is 685. The quantitative estimate of drug-likeness (QED) is 0.717. The first-order valence-electron chi connectivity index (χ1n) is 7.79. The number of carbonyl (C=O) groups excluding carboxylic acids is 1. The van der Waals surface area contributed by atoms with Crippen LogP contribution in [0, 0.1) is 6.92 Å². The average molecular weight is 349 g/mol. The van der Waals surface area contributed by atoms with E-state index < -0.39 is 0 Å². The number of methoxy groups -OCH3 is 1. The molecule has 6 nitrogen and oxygen atoms in total. The number of hydrogen-bond donors (Lipinski definition) is 2. The molecule has 2 rings (SSSR count). The summed E-state index contributed by atoms with van der Waals surface area (Å²) in [4.78, 5) is 17.2. The van der Waals surface area contributed by atoms with Gasteiger partial charge >= 0.3 is 0 Å². The zero-order valence-electron chi connectivity index (χ0n) is 14.4. The van der Waals surface area contributed by atoms with Gasteiger partial charge in [-0.2, -0.15) is 0 Å². The Labute approximate surface area is 146 Å². The topological polar surface area (TPSA) is 72.5 Å². The highest BCUT2D eigenvalue weighted by Crippen LogP contribution is 2.25. The van der Waals surface area contributed by atoms with Crippen molar-refractivity contribution < 1.29 is 14.3 Å². The summed E-state index contributed by atoms with van der Waals surface area (Å²) in [6.45, 7) is 6.67. The number of thiazole rings is 1. The summed E-state index contributed by atoms with van der Waals surface area (Å²) < 4.78 is 10.9. The van der Waals surface area contributed by atoms with Gasteiger partial charge in [0.15, 0.2) is 16.6 Å². The van der Waals surface area contributed by atoms with Gasteiger partial charge in [-0.3, -0.25) is 4.79 Å². The monoisotopic (exact) mass is 349 g/mol. The van der Waals surface area contributed by atoms with Crippen molar-refractivity contribution in [3.8, 4) is 11.5 Å². The predicted octanol–water partition coefficient (Wildman–Crippen LogP) is 3.09. The second-order valence-electron chi connectivity index (χ2n) is 5.49. The van der Waals surface area contributed by atoms with Crippen LogP contribution in [-0.4, -0.2) is 37.2 Å². The van der Waals surface area contributed by atoms with E-state index in [9.17, 15) is 4.79 Å². The maximum absolute atomic E-state index is 12.3. The molecule has 2 aromatic rings. The molecule has 0 aliphatic rings. The van der Waals surface area contributed by atoms with Gasteiger partial charge in [0.1, 0.15) is 11.5 Å². The largest absolute Gasteiger partial charge is 0.493 e. The zero-order valence-corrected chi connectivity index (χ0v) is 15.2. The molecule has 130 valence electrons. The number of anilines is 1. The fraction of sp³-hybridized carbons (Fsp3) is 0.412. The minimum absolute atomic E-state index is 0.134. The number of aromatic nitrogens is 1. The van der Waals surface area contributed by atoms with Crippen molar-refractivity contribution in [3.63, 3.8) is 0 Å². The zero-order chi connectivity index (χ0) is 17.5. The van der Waals surface area contributed by atoms with E-state index in [1.54, 1.807) is 7.11 Å². The summed E-state index contributed by atoms with van der Waals surface area (Å²) >= 11 is 1.36. The third-order valence-corrected chi connectivity index (χ3v) is 4.22. The van der Waals surface area contributed by atoms with Crippen LogP contribution in [0.15, 0.2) is 24.3 Å². The summed E-state index contributed by atoms with van der Waals surface area (Å²) in [5.41, 5.74) is 0.728. The number of aryl methyl sites for hydroxylation is 1. The predicted molar refractivity (Wildman–Crippen MR) is 96.4 cm³/mol. The number of carbonyl (C=O) groups is 1. The van der Waals surface area contributed by atoms with Crippen molar-refractivity contribution in [2.24, 2.45) is 0 Å². The van der Waals surface area contributed by atoms with Gasteiger partial charge in [0.05, 0.1) is 19.3 Å². The Morgan fingerprint density at radius 3 is 2.67 bits per heavy atom. The van der Waals surface area contributed by atoms with Gasteiger partial charge in [-0.05, 0) is 32.9 Å². The number of nitrogens with zero attached hydrogens (tertiary/aromatic N) is 1. The minimum atomic E-state index is -0.134.